The molecule has 5 heteroatoms. The molecule has 1 heterocycles. The molecule has 17 heavy (non-hydrogen) atoms. The molecule has 0 aliphatic heterocycles. The normalized spacial score (nSPS) is 10.5. The number of rotatable bonds is 5. The van der Waals surface area contributed by atoms with E-state index in [1.54, 1.807) is 23.0 Å². The van der Waals surface area contributed by atoms with Crippen molar-refractivity contribution in [3.05, 3.63) is 48.0 Å². The second-order valence-corrected chi connectivity index (χ2v) is 3.59. The van der Waals surface area contributed by atoms with Crippen LogP contribution in [0, 0.1) is 5.82 Å². The Balaban J connectivity index is 1.90. The summed E-state index contributed by atoms with van der Waals surface area (Å²) in [6.45, 7) is 1.29. The molecule has 4 nitrogen and oxygen atoms in total. The number of ether oxygens (including phenoxy) is 1. The Labute approximate surface area is 98.8 Å². The zero-order valence-corrected chi connectivity index (χ0v) is 9.34. The Morgan fingerprint density at radius 2 is 2.29 bits per heavy atom. The molecule has 0 unspecified atom stereocenters. The van der Waals surface area contributed by atoms with Crippen molar-refractivity contribution >= 4 is 0 Å². The first kappa shape index (κ1) is 11.6. The smallest absolute Gasteiger partial charge is 0.165 e. The van der Waals surface area contributed by atoms with Crippen molar-refractivity contribution in [2.75, 3.05) is 6.61 Å². The molecule has 0 amide bonds. The van der Waals surface area contributed by atoms with Gasteiger partial charge in [0.15, 0.2) is 11.6 Å². The van der Waals surface area contributed by atoms with Crippen LogP contribution in [0.2, 0.25) is 0 Å². The Bertz CT molecular complexity index is 471. The van der Waals surface area contributed by atoms with E-state index >= 15 is 0 Å². The summed E-state index contributed by atoms with van der Waals surface area (Å²) in [5.74, 6) is -0.136. The third-order valence-electron chi connectivity index (χ3n) is 2.37. The molecule has 0 fully saturated rings. The largest absolute Gasteiger partial charge is 0.489 e. The van der Waals surface area contributed by atoms with Crippen molar-refractivity contribution in [3.8, 4) is 5.75 Å². The van der Waals surface area contributed by atoms with Gasteiger partial charge in [-0.05, 0) is 23.8 Å². The van der Waals surface area contributed by atoms with Gasteiger partial charge in [0.2, 0.25) is 0 Å². The van der Waals surface area contributed by atoms with Crippen LogP contribution in [-0.2, 0) is 13.1 Å². The van der Waals surface area contributed by atoms with Crippen molar-refractivity contribution in [3.63, 3.8) is 0 Å². The summed E-state index contributed by atoms with van der Waals surface area (Å²) < 4.78 is 20.6. The summed E-state index contributed by atoms with van der Waals surface area (Å²) in [6, 6.07) is 6.58. The van der Waals surface area contributed by atoms with Crippen LogP contribution in [0.5, 0.6) is 5.75 Å². The van der Waals surface area contributed by atoms with E-state index in [4.69, 9.17) is 10.5 Å². The number of nitrogens with zero attached hydrogens (tertiary/aromatic N) is 2. The van der Waals surface area contributed by atoms with Crippen LogP contribution in [-0.4, -0.2) is 16.4 Å². The highest BCUT2D eigenvalue weighted by molar-refractivity contribution is 5.29. The van der Waals surface area contributed by atoms with Gasteiger partial charge in [-0.15, -0.1) is 0 Å². The van der Waals surface area contributed by atoms with Crippen molar-refractivity contribution < 1.29 is 9.13 Å². The first-order valence-electron chi connectivity index (χ1n) is 5.38. The molecular formula is C12H14FN3O. The van der Waals surface area contributed by atoms with E-state index in [-0.39, 0.29) is 11.6 Å². The first-order chi connectivity index (χ1) is 8.29. The maximum atomic E-state index is 13.5. The third kappa shape index (κ3) is 3.04. The quantitative estimate of drug-likeness (QED) is 0.855. The van der Waals surface area contributed by atoms with E-state index in [0.717, 1.165) is 5.56 Å². The lowest BCUT2D eigenvalue weighted by molar-refractivity contribution is 0.278. The summed E-state index contributed by atoms with van der Waals surface area (Å²) in [7, 11) is 0. The topological polar surface area (TPSA) is 53.1 Å². The van der Waals surface area contributed by atoms with Gasteiger partial charge in [-0.3, -0.25) is 4.68 Å². The first-order valence-corrected chi connectivity index (χ1v) is 5.38. The number of halogens is 1. The molecule has 1 aromatic heterocycles. The molecule has 0 saturated heterocycles. The molecule has 0 aliphatic carbocycles. The zero-order chi connectivity index (χ0) is 12.1. The predicted molar refractivity (Wildman–Crippen MR) is 62.0 cm³/mol. The molecule has 0 spiro atoms. The Hall–Kier alpha value is -1.88. The highest BCUT2D eigenvalue weighted by atomic mass is 19.1. The molecule has 0 aliphatic rings. The average Bonchev–Trinajstić information content (AvgIpc) is 2.84. The van der Waals surface area contributed by atoms with E-state index in [1.807, 2.05) is 12.3 Å². The van der Waals surface area contributed by atoms with E-state index in [1.165, 1.54) is 6.07 Å². The minimum Gasteiger partial charge on any atom is -0.489 e. The van der Waals surface area contributed by atoms with Crippen LogP contribution in [0.3, 0.4) is 0 Å². The highest BCUT2D eigenvalue weighted by Crippen LogP contribution is 2.18. The molecular weight excluding hydrogens is 221 g/mol. The molecule has 0 bridgehead atoms. The van der Waals surface area contributed by atoms with Crippen molar-refractivity contribution in [1.29, 1.82) is 0 Å². The van der Waals surface area contributed by atoms with Gasteiger partial charge in [-0.25, -0.2) is 4.39 Å². The summed E-state index contributed by atoms with van der Waals surface area (Å²) >= 11 is 0. The standard InChI is InChI=1S/C12H14FN3O/c13-11-8-10(9-14)2-3-12(11)17-7-6-16-5-1-4-15-16/h1-5,8H,6-7,9,14H2. The number of hydrogen-bond donors (Lipinski definition) is 1. The fourth-order valence-electron chi connectivity index (χ4n) is 1.47. The monoisotopic (exact) mass is 235 g/mol. The van der Waals surface area contributed by atoms with E-state index < -0.39 is 0 Å². The molecule has 2 rings (SSSR count). The number of benzene rings is 1. The lowest BCUT2D eigenvalue weighted by Crippen LogP contribution is -2.09. The molecule has 90 valence electrons. The van der Waals surface area contributed by atoms with Gasteiger partial charge in [-0.2, -0.15) is 5.10 Å². The Morgan fingerprint density at radius 3 is 2.94 bits per heavy atom. The van der Waals surface area contributed by atoms with Gasteiger partial charge >= 0.3 is 0 Å². The fourth-order valence-corrected chi connectivity index (χ4v) is 1.47. The number of hydrogen-bond acceptors (Lipinski definition) is 3. The molecule has 2 N–H and O–H groups in total. The summed E-state index contributed by atoms with van der Waals surface area (Å²) in [5.41, 5.74) is 6.17. The Kier molecular flexibility index (Phi) is 3.72. The van der Waals surface area contributed by atoms with E-state index in [9.17, 15) is 4.39 Å². The lowest BCUT2D eigenvalue weighted by Gasteiger charge is -2.08. The van der Waals surface area contributed by atoms with Crippen molar-refractivity contribution in [2.24, 2.45) is 5.73 Å². The molecule has 0 radical (unpaired) electrons. The van der Waals surface area contributed by atoms with Crippen LogP contribution in [0.25, 0.3) is 0 Å². The minimum atomic E-state index is -0.381. The molecule has 0 saturated carbocycles. The summed E-state index contributed by atoms with van der Waals surface area (Å²) in [4.78, 5) is 0. The summed E-state index contributed by atoms with van der Waals surface area (Å²) in [6.07, 6.45) is 3.52. The zero-order valence-electron chi connectivity index (χ0n) is 9.34. The minimum absolute atomic E-state index is 0.245. The second-order valence-electron chi connectivity index (χ2n) is 3.59. The van der Waals surface area contributed by atoms with Crippen LogP contribution in [0.15, 0.2) is 36.7 Å². The fraction of sp³-hybridized carbons (Fsp3) is 0.250. The van der Waals surface area contributed by atoms with Crippen LogP contribution >= 0.6 is 0 Å². The predicted octanol–water partition coefficient (Wildman–Crippen LogP) is 1.56. The van der Waals surface area contributed by atoms with Crippen LogP contribution in [0.1, 0.15) is 5.56 Å². The van der Waals surface area contributed by atoms with Gasteiger partial charge < -0.3 is 10.5 Å². The van der Waals surface area contributed by atoms with Crippen LogP contribution < -0.4 is 10.5 Å². The van der Waals surface area contributed by atoms with Gasteiger partial charge in [0.25, 0.3) is 0 Å². The molecule has 1 aromatic carbocycles. The van der Waals surface area contributed by atoms with E-state index in [2.05, 4.69) is 5.10 Å². The Morgan fingerprint density at radius 1 is 1.41 bits per heavy atom. The maximum absolute atomic E-state index is 13.5. The van der Waals surface area contributed by atoms with Crippen molar-refractivity contribution in [1.82, 2.24) is 9.78 Å². The lowest BCUT2D eigenvalue weighted by atomic mass is 10.2. The number of nitrogens with two attached hydrogens (primary N) is 1. The van der Waals surface area contributed by atoms with Gasteiger partial charge in [0, 0.05) is 18.9 Å². The summed E-state index contributed by atoms with van der Waals surface area (Å²) in [5, 5.41) is 4.02. The van der Waals surface area contributed by atoms with Crippen molar-refractivity contribution in [2.45, 2.75) is 13.1 Å². The highest BCUT2D eigenvalue weighted by Gasteiger charge is 2.04. The number of aromatic nitrogens is 2. The SMILES string of the molecule is NCc1ccc(OCCn2cccn2)c(F)c1. The van der Waals surface area contributed by atoms with Crippen LogP contribution in [0.4, 0.5) is 4.39 Å². The average molecular weight is 235 g/mol. The van der Waals surface area contributed by atoms with Gasteiger partial charge in [-0.1, -0.05) is 6.07 Å². The second kappa shape index (κ2) is 5.45. The third-order valence-corrected chi connectivity index (χ3v) is 2.37. The maximum Gasteiger partial charge on any atom is 0.165 e. The van der Waals surface area contributed by atoms with Gasteiger partial charge in [0.05, 0.1) is 6.54 Å². The molecule has 0 atom stereocenters. The van der Waals surface area contributed by atoms with E-state index in [0.29, 0.717) is 19.7 Å². The molecule has 2 aromatic rings. The van der Waals surface area contributed by atoms with Gasteiger partial charge in [0.1, 0.15) is 6.61 Å².